The van der Waals surface area contributed by atoms with Gasteiger partial charge in [-0.1, -0.05) is 31.2 Å². The summed E-state index contributed by atoms with van der Waals surface area (Å²) in [5.41, 5.74) is 1.91. The van der Waals surface area contributed by atoms with Crippen LogP contribution >= 0.6 is 27.3 Å². The largest absolute Gasteiger partial charge is 0.478 e. The summed E-state index contributed by atoms with van der Waals surface area (Å²) < 4.78 is 12.3. The van der Waals surface area contributed by atoms with Crippen LogP contribution in [0.15, 0.2) is 40.9 Å². The molecule has 1 unspecified atom stereocenters. The monoisotopic (exact) mass is 518 g/mol. The molecule has 7 nitrogen and oxygen atoms in total. The molecule has 0 aliphatic heterocycles. The van der Waals surface area contributed by atoms with Crippen molar-refractivity contribution in [3.05, 3.63) is 52.0 Å². The molecular weight excluding hydrogens is 496 g/mol. The normalized spacial score (nSPS) is 11.7. The number of methoxy groups -OCH3 is 1. The number of carbonyl (C=O) groups excluding carboxylic acids is 3. The Morgan fingerprint density at radius 2 is 1.84 bits per heavy atom. The predicted molar refractivity (Wildman–Crippen MR) is 130 cm³/mol. The number of amides is 2. The van der Waals surface area contributed by atoms with E-state index >= 15 is 0 Å². The Labute approximate surface area is 198 Å². The smallest absolute Gasteiger partial charge is 0.341 e. The number of para-hydroxylation sites is 1. The number of carbonyl (C=O) groups is 3. The van der Waals surface area contributed by atoms with Gasteiger partial charge in [0, 0.05) is 18.0 Å². The van der Waals surface area contributed by atoms with Crippen LogP contribution in [0.25, 0.3) is 10.1 Å². The first-order valence-electron chi connectivity index (χ1n) is 9.90. The highest BCUT2D eigenvalue weighted by Crippen LogP contribution is 2.45. The molecule has 2 aromatic carbocycles. The second-order valence-corrected chi connectivity index (χ2v) is 8.93. The minimum absolute atomic E-state index is 0.248. The first kappa shape index (κ1) is 23.7. The maximum atomic E-state index is 12.9. The fourth-order valence-corrected chi connectivity index (χ4v) is 4.95. The number of ether oxygens (including phenoxy) is 2. The fourth-order valence-electron chi connectivity index (χ4n) is 3.17. The number of anilines is 2. The Morgan fingerprint density at radius 1 is 1.12 bits per heavy atom. The molecule has 1 atom stereocenters. The van der Waals surface area contributed by atoms with Gasteiger partial charge in [-0.15, -0.1) is 11.3 Å². The summed E-state index contributed by atoms with van der Waals surface area (Å²) in [7, 11) is 1.28. The lowest BCUT2D eigenvalue weighted by molar-refractivity contribution is -0.122. The number of thiophene rings is 1. The van der Waals surface area contributed by atoms with Gasteiger partial charge in [0.1, 0.15) is 10.6 Å². The molecule has 0 aliphatic rings. The molecule has 0 saturated carbocycles. The van der Waals surface area contributed by atoms with E-state index < -0.39 is 12.1 Å². The summed E-state index contributed by atoms with van der Waals surface area (Å²) in [6.07, 6.45) is -0.349. The zero-order chi connectivity index (χ0) is 23.4. The van der Waals surface area contributed by atoms with Gasteiger partial charge in [-0.2, -0.15) is 0 Å². The first-order valence-corrected chi connectivity index (χ1v) is 11.5. The van der Waals surface area contributed by atoms with Crippen LogP contribution in [0.1, 0.15) is 36.2 Å². The van der Waals surface area contributed by atoms with Crippen molar-refractivity contribution in [3.63, 3.8) is 0 Å². The van der Waals surface area contributed by atoms with Crippen molar-refractivity contribution in [1.29, 1.82) is 0 Å². The van der Waals surface area contributed by atoms with Gasteiger partial charge in [0.25, 0.3) is 5.91 Å². The van der Waals surface area contributed by atoms with Crippen molar-refractivity contribution < 1.29 is 23.9 Å². The molecule has 0 aliphatic carbocycles. The van der Waals surface area contributed by atoms with Gasteiger partial charge in [-0.3, -0.25) is 9.59 Å². The number of hydrogen-bond acceptors (Lipinski definition) is 6. The van der Waals surface area contributed by atoms with Crippen molar-refractivity contribution in [2.75, 3.05) is 17.7 Å². The molecule has 1 heterocycles. The van der Waals surface area contributed by atoms with Crippen LogP contribution in [0.4, 0.5) is 10.7 Å². The standard InChI is InChI=1S/C23H23BrN2O5S/c1-5-17(21(28)26-16-9-7-6-8-12(16)2)31-19-15(24)11-10-14-18(23(29)30-4)22(25-13(3)27)32-20(14)19/h6-11,17H,5H2,1-4H3,(H,25,27)(H,26,28). The lowest BCUT2D eigenvalue weighted by atomic mass is 10.1. The van der Waals surface area contributed by atoms with E-state index in [1.165, 1.54) is 25.4 Å². The van der Waals surface area contributed by atoms with E-state index in [4.69, 9.17) is 9.47 Å². The average molecular weight is 519 g/mol. The van der Waals surface area contributed by atoms with E-state index in [1.807, 2.05) is 38.1 Å². The van der Waals surface area contributed by atoms with E-state index in [0.29, 0.717) is 37.4 Å². The molecule has 2 N–H and O–H groups in total. The zero-order valence-corrected chi connectivity index (χ0v) is 20.5. The number of halogens is 1. The Bertz CT molecular complexity index is 1190. The molecule has 0 spiro atoms. The quantitative estimate of drug-likeness (QED) is 0.402. The second kappa shape index (κ2) is 10.1. The summed E-state index contributed by atoms with van der Waals surface area (Å²) in [6.45, 7) is 5.13. The summed E-state index contributed by atoms with van der Waals surface area (Å²) in [5.74, 6) is -0.747. The van der Waals surface area contributed by atoms with Gasteiger partial charge in [0.05, 0.1) is 16.3 Å². The minimum atomic E-state index is -0.774. The molecule has 3 aromatic rings. The van der Waals surface area contributed by atoms with E-state index in [9.17, 15) is 14.4 Å². The molecule has 32 heavy (non-hydrogen) atoms. The van der Waals surface area contributed by atoms with Gasteiger partial charge in [0.15, 0.2) is 11.9 Å². The third kappa shape index (κ3) is 4.94. The predicted octanol–water partition coefficient (Wildman–Crippen LogP) is 5.51. The SMILES string of the molecule is CCC(Oc1c(Br)ccc2c(C(=O)OC)c(NC(C)=O)sc12)C(=O)Nc1ccccc1C. The highest BCUT2D eigenvalue weighted by Gasteiger charge is 2.26. The molecule has 3 rings (SSSR count). The van der Waals surface area contributed by atoms with E-state index in [-0.39, 0.29) is 17.4 Å². The van der Waals surface area contributed by atoms with Crippen molar-refractivity contribution in [2.45, 2.75) is 33.3 Å². The number of fused-ring (bicyclic) bond motifs is 1. The topological polar surface area (TPSA) is 93.7 Å². The molecule has 1 aromatic heterocycles. The molecule has 0 radical (unpaired) electrons. The Hall–Kier alpha value is -2.91. The van der Waals surface area contributed by atoms with E-state index in [0.717, 1.165) is 5.56 Å². The average Bonchev–Trinajstić information content (AvgIpc) is 3.11. The number of esters is 1. The maximum absolute atomic E-state index is 12.9. The van der Waals surface area contributed by atoms with E-state index in [1.54, 1.807) is 12.1 Å². The summed E-state index contributed by atoms with van der Waals surface area (Å²) in [5, 5.41) is 6.52. The second-order valence-electron chi connectivity index (χ2n) is 7.05. The van der Waals surface area contributed by atoms with Gasteiger partial charge in [-0.05, 0) is 47.0 Å². The van der Waals surface area contributed by atoms with Gasteiger partial charge in [0.2, 0.25) is 5.91 Å². The highest BCUT2D eigenvalue weighted by atomic mass is 79.9. The van der Waals surface area contributed by atoms with Crippen LogP contribution in [0.2, 0.25) is 0 Å². The van der Waals surface area contributed by atoms with Crippen LogP contribution in [0.3, 0.4) is 0 Å². The number of aryl methyl sites for hydroxylation is 1. The first-order chi connectivity index (χ1) is 15.3. The minimum Gasteiger partial charge on any atom is -0.478 e. The van der Waals surface area contributed by atoms with Gasteiger partial charge >= 0.3 is 5.97 Å². The maximum Gasteiger partial charge on any atom is 0.341 e. The van der Waals surface area contributed by atoms with Crippen LogP contribution in [-0.2, 0) is 14.3 Å². The molecule has 0 bridgehead atoms. The Balaban J connectivity index is 2.01. The summed E-state index contributed by atoms with van der Waals surface area (Å²) in [4.78, 5) is 37.0. The Morgan fingerprint density at radius 3 is 2.47 bits per heavy atom. The van der Waals surface area contributed by atoms with Crippen molar-refractivity contribution in [3.8, 4) is 5.75 Å². The van der Waals surface area contributed by atoms with Gasteiger partial charge in [-0.25, -0.2) is 4.79 Å². The third-order valence-corrected chi connectivity index (χ3v) is 6.51. The van der Waals surface area contributed by atoms with Gasteiger partial charge < -0.3 is 20.1 Å². The number of hydrogen-bond donors (Lipinski definition) is 2. The highest BCUT2D eigenvalue weighted by molar-refractivity contribution is 9.10. The molecular formula is C23H23BrN2O5S. The number of rotatable bonds is 7. The van der Waals surface area contributed by atoms with Crippen LogP contribution in [-0.4, -0.2) is 31.0 Å². The van der Waals surface area contributed by atoms with Crippen LogP contribution < -0.4 is 15.4 Å². The Kier molecular flexibility index (Phi) is 7.52. The molecule has 9 heteroatoms. The molecule has 0 saturated heterocycles. The van der Waals surface area contributed by atoms with Crippen LogP contribution in [0.5, 0.6) is 5.75 Å². The van der Waals surface area contributed by atoms with Crippen LogP contribution in [0, 0.1) is 6.92 Å². The summed E-state index contributed by atoms with van der Waals surface area (Å²) >= 11 is 4.68. The fraction of sp³-hybridized carbons (Fsp3) is 0.261. The lowest BCUT2D eigenvalue weighted by Crippen LogP contribution is -2.32. The zero-order valence-electron chi connectivity index (χ0n) is 18.1. The summed E-state index contributed by atoms with van der Waals surface area (Å²) in [6, 6.07) is 11.0. The number of benzene rings is 2. The van der Waals surface area contributed by atoms with Crippen molar-refractivity contribution in [1.82, 2.24) is 0 Å². The molecule has 168 valence electrons. The van der Waals surface area contributed by atoms with Crippen molar-refractivity contribution >= 4 is 65.8 Å². The molecule has 2 amide bonds. The number of nitrogens with one attached hydrogen (secondary N) is 2. The third-order valence-electron chi connectivity index (χ3n) is 4.77. The van der Waals surface area contributed by atoms with Crippen molar-refractivity contribution in [2.24, 2.45) is 0 Å². The van der Waals surface area contributed by atoms with E-state index in [2.05, 4.69) is 26.6 Å². The molecule has 0 fully saturated rings. The lowest BCUT2D eigenvalue weighted by Gasteiger charge is -2.19.